The summed E-state index contributed by atoms with van der Waals surface area (Å²) in [6.07, 6.45) is 0. The van der Waals surface area contributed by atoms with Gasteiger partial charge in [-0.15, -0.1) is 12.4 Å². The van der Waals surface area contributed by atoms with Gasteiger partial charge in [-0.25, -0.2) is 0 Å². The molecule has 0 spiro atoms. The number of hydrogen-bond acceptors (Lipinski definition) is 4. The molecule has 0 unspecified atom stereocenters. The van der Waals surface area contributed by atoms with Crippen LogP contribution in [0.2, 0.25) is 0 Å². The van der Waals surface area contributed by atoms with Crippen LogP contribution in [0.1, 0.15) is 13.8 Å². The van der Waals surface area contributed by atoms with Gasteiger partial charge in [0.15, 0.2) is 0 Å². The standard InChI is InChI=1S/C15H23N3O2.ClH/c1-11(2)14(16)15(20)18-9-7-17(8-10-18)12-5-3-4-6-13(12)19;/h3-6,11,14,19H,7-10,16H2,1-2H3;1H/t14-;/m0./s1. The predicted octanol–water partition coefficient (Wildman–Crippen LogP) is 1.45. The number of nitrogens with two attached hydrogens (primary N) is 1. The lowest BCUT2D eigenvalue weighted by atomic mass is 10.0. The molecule has 1 atom stereocenters. The molecule has 1 amide bonds. The number of phenols is 1. The highest BCUT2D eigenvalue weighted by atomic mass is 35.5. The summed E-state index contributed by atoms with van der Waals surface area (Å²) in [5, 5.41) is 9.86. The van der Waals surface area contributed by atoms with Gasteiger partial charge < -0.3 is 20.6 Å². The van der Waals surface area contributed by atoms with E-state index in [1.54, 1.807) is 12.1 Å². The lowest BCUT2D eigenvalue weighted by molar-refractivity contribution is -0.133. The Morgan fingerprint density at radius 1 is 1.19 bits per heavy atom. The molecule has 0 aromatic heterocycles. The first kappa shape index (κ1) is 17.6. The Hall–Kier alpha value is -1.46. The minimum absolute atomic E-state index is 0. The highest BCUT2D eigenvalue weighted by molar-refractivity contribution is 5.85. The Morgan fingerprint density at radius 3 is 2.29 bits per heavy atom. The van der Waals surface area contributed by atoms with Crippen molar-refractivity contribution in [2.24, 2.45) is 11.7 Å². The second-order valence-corrected chi connectivity index (χ2v) is 5.57. The molecule has 5 nitrogen and oxygen atoms in total. The summed E-state index contributed by atoms with van der Waals surface area (Å²) >= 11 is 0. The summed E-state index contributed by atoms with van der Waals surface area (Å²) in [6.45, 7) is 6.64. The molecule has 2 rings (SSSR count). The van der Waals surface area contributed by atoms with Crippen molar-refractivity contribution in [3.8, 4) is 5.75 Å². The zero-order valence-corrected chi connectivity index (χ0v) is 13.3. The van der Waals surface area contributed by atoms with Crippen LogP contribution in [-0.2, 0) is 4.79 Å². The zero-order chi connectivity index (χ0) is 14.7. The molecule has 0 aliphatic carbocycles. The van der Waals surface area contributed by atoms with E-state index in [1.165, 1.54) is 0 Å². The summed E-state index contributed by atoms with van der Waals surface area (Å²) in [6, 6.07) is 6.86. The molecular weight excluding hydrogens is 290 g/mol. The number of carbonyl (C=O) groups excluding carboxylic acids is 1. The van der Waals surface area contributed by atoms with Gasteiger partial charge in [-0.2, -0.15) is 0 Å². The van der Waals surface area contributed by atoms with Gasteiger partial charge in [0.25, 0.3) is 0 Å². The fourth-order valence-corrected chi connectivity index (χ4v) is 2.40. The minimum atomic E-state index is -0.424. The third-order valence-corrected chi connectivity index (χ3v) is 3.82. The van der Waals surface area contributed by atoms with Crippen LogP contribution >= 0.6 is 12.4 Å². The highest BCUT2D eigenvalue weighted by Gasteiger charge is 2.27. The van der Waals surface area contributed by atoms with E-state index in [1.807, 2.05) is 30.9 Å². The van der Waals surface area contributed by atoms with Crippen molar-refractivity contribution in [1.29, 1.82) is 0 Å². The third-order valence-electron chi connectivity index (χ3n) is 3.82. The van der Waals surface area contributed by atoms with E-state index in [-0.39, 0.29) is 30.0 Å². The van der Waals surface area contributed by atoms with Crippen LogP contribution in [0, 0.1) is 5.92 Å². The third kappa shape index (κ3) is 4.02. The molecule has 118 valence electrons. The quantitative estimate of drug-likeness (QED) is 0.886. The zero-order valence-electron chi connectivity index (χ0n) is 12.5. The van der Waals surface area contributed by atoms with E-state index < -0.39 is 6.04 Å². The van der Waals surface area contributed by atoms with Crippen LogP contribution in [0.4, 0.5) is 5.69 Å². The number of nitrogens with zero attached hydrogens (tertiary/aromatic N) is 2. The molecule has 0 bridgehead atoms. The number of amides is 1. The van der Waals surface area contributed by atoms with Crippen molar-refractivity contribution < 1.29 is 9.90 Å². The van der Waals surface area contributed by atoms with Gasteiger partial charge in [-0.3, -0.25) is 4.79 Å². The van der Waals surface area contributed by atoms with Gasteiger partial charge in [-0.05, 0) is 18.1 Å². The fraction of sp³-hybridized carbons (Fsp3) is 0.533. The first-order valence-corrected chi connectivity index (χ1v) is 7.08. The van der Waals surface area contributed by atoms with E-state index in [2.05, 4.69) is 4.90 Å². The number of piperazine rings is 1. The molecule has 1 heterocycles. The van der Waals surface area contributed by atoms with Crippen molar-refractivity contribution in [2.75, 3.05) is 31.1 Å². The van der Waals surface area contributed by atoms with E-state index in [0.29, 0.717) is 26.2 Å². The number of carbonyl (C=O) groups is 1. The maximum Gasteiger partial charge on any atom is 0.239 e. The van der Waals surface area contributed by atoms with Gasteiger partial charge in [-0.1, -0.05) is 26.0 Å². The number of halogens is 1. The van der Waals surface area contributed by atoms with E-state index in [9.17, 15) is 9.90 Å². The van der Waals surface area contributed by atoms with Crippen LogP contribution in [0.3, 0.4) is 0 Å². The molecule has 3 N–H and O–H groups in total. The van der Waals surface area contributed by atoms with Crippen molar-refractivity contribution in [1.82, 2.24) is 4.90 Å². The summed E-state index contributed by atoms with van der Waals surface area (Å²) in [4.78, 5) is 16.1. The summed E-state index contributed by atoms with van der Waals surface area (Å²) in [5.41, 5.74) is 6.74. The molecular formula is C15H24ClN3O2. The van der Waals surface area contributed by atoms with E-state index >= 15 is 0 Å². The molecule has 1 saturated heterocycles. The van der Waals surface area contributed by atoms with Crippen molar-refractivity contribution in [2.45, 2.75) is 19.9 Å². The normalized spacial score (nSPS) is 16.6. The Morgan fingerprint density at radius 2 is 1.76 bits per heavy atom. The number of phenolic OH excluding ortho intramolecular Hbond substituents is 1. The van der Waals surface area contributed by atoms with Crippen LogP contribution in [0.25, 0.3) is 0 Å². The number of anilines is 1. The Kier molecular flexibility index (Phi) is 6.30. The second-order valence-electron chi connectivity index (χ2n) is 5.57. The summed E-state index contributed by atoms with van der Waals surface area (Å²) < 4.78 is 0. The second kappa shape index (κ2) is 7.52. The monoisotopic (exact) mass is 313 g/mol. The number of hydrogen-bond donors (Lipinski definition) is 2. The lowest BCUT2D eigenvalue weighted by Gasteiger charge is -2.37. The SMILES string of the molecule is CC(C)[C@H](N)C(=O)N1CCN(c2ccccc2O)CC1.Cl. The smallest absolute Gasteiger partial charge is 0.239 e. The van der Waals surface area contributed by atoms with Crippen LogP contribution in [0.5, 0.6) is 5.75 Å². The largest absolute Gasteiger partial charge is 0.506 e. The van der Waals surface area contributed by atoms with Crippen LogP contribution in [-0.4, -0.2) is 48.1 Å². The first-order chi connectivity index (χ1) is 9.50. The van der Waals surface area contributed by atoms with Gasteiger partial charge in [0, 0.05) is 26.2 Å². The van der Waals surface area contributed by atoms with Crippen molar-refractivity contribution in [3.63, 3.8) is 0 Å². The maximum absolute atomic E-state index is 12.2. The number of benzene rings is 1. The Bertz CT molecular complexity index is 474. The molecule has 1 aliphatic heterocycles. The average molecular weight is 314 g/mol. The van der Waals surface area contributed by atoms with Crippen LogP contribution < -0.4 is 10.6 Å². The highest BCUT2D eigenvalue weighted by Crippen LogP contribution is 2.27. The van der Waals surface area contributed by atoms with Crippen molar-refractivity contribution >= 4 is 24.0 Å². The molecule has 1 aromatic rings. The van der Waals surface area contributed by atoms with Gasteiger partial charge in [0.1, 0.15) is 5.75 Å². The minimum Gasteiger partial charge on any atom is -0.506 e. The maximum atomic E-state index is 12.2. The number of aromatic hydroxyl groups is 1. The molecule has 21 heavy (non-hydrogen) atoms. The van der Waals surface area contributed by atoms with E-state index in [4.69, 9.17) is 5.73 Å². The number of para-hydroxylation sites is 2. The lowest BCUT2D eigenvalue weighted by Crippen LogP contribution is -2.54. The Labute approximate surface area is 132 Å². The predicted molar refractivity (Wildman–Crippen MR) is 87.0 cm³/mol. The van der Waals surface area contributed by atoms with Gasteiger partial charge >= 0.3 is 0 Å². The Balaban J connectivity index is 0.00000220. The molecule has 0 saturated carbocycles. The van der Waals surface area contributed by atoms with Gasteiger partial charge in [0.2, 0.25) is 5.91 Å². The molecule has 1 aromatic carbocycles. The van der Waals surface area contributed by atoms with Crippen molar-refractivity contribution in [3.05, 3.63) is 24.3 Å². The fourth-order valence-electron chi connectivity index (χ4n) is 2.40. The summed E-state index contributed by atoms with van der Waals surface area (Å²) in [7, 11) is 0. The average Bonchev–Trinajstić information content (AvgIpc) is 2.46. The molecule has 1 fully saturated rings. The molecule has 1 aliphatic rings. The summed E-state index contributed by atoms with van der Waals surface area (Å²) in [5.74, 6) is 0.460. The topological polar surface area (TPSA) is 69.8 Å². The number of rotatable bonds is 3. The van der Waals surface area contributed by atoms with Gasteiger partial charge in [0.05, 0.1) is 11.7 Å². The van der Waals surface area contributed by atoms with E-state index in [0.717, 1.165) is 5.69 Å². The first-order valence-electron chi connectivity index (χ1n) is 7.08. The molecule has 6 heteroatoms. The van der Waals surface area contributed by atoms with Crippen LogP contribution in [0.15, 0.2) is 24.3 Å². The molecule has 0 radical (unpaired) electrons.